The molecule has 0 fully saturated rings. The van der Waals surface area contributed by atoms with Crippen LogP contribution in [0.15, 0.2) is 24.3 Å². The molecule has 2 amide bonds. The van der Waals surface area contributed by atoms with Gasteiger partial charge in [0.2, 0.25) is 0 Å². The third kappa shape index (κ3) is 5.47. The molecule has 0 saturated carbocycles. The van der Waals surface area contributed by atoms with Gasteiger partial charge in [0.25, 0.3) is 5.69 Å². The zero-order chi connectivity index (χ0) is 16.0. The lowest BCUT2D eigenvalue weighted by atomic mass is 10.0. The summed E-state index contributed by atoms with van der Waals surface area (Å²) in [4.78, 5) is 32.7. The van der Waals surface area contributed by atoms with E-state index in [1.165, 1.54) is 24.3 Å². The van der Waals surface area contributed by atoms with Gasteiger partial charge in [-0.3, -0.25) is 10.1 Å². The first-order chi connectivity index (χ1) is 9.79. The van der Waals surface area contributed by atoms with Gasteiger partial charge >= 0.3 is 12.0 Å². The van der Waals surface area contributed by atoms with E-state index in [2.05, 4.69) is 10.6 Å². The van der Waals surface area contributed by atoms with Crippen LogP contribution >= 0.6 is 0 Å². The Balaban J connectivity index is 2.63. The van der Waals surface area contributed by atoms with E-state index in [1.807, 2.05) is 13.8 Å². The molecule has 114 valence electrons. The summed E-state index contributed by atoms with van der Waals surface area (Å²) in [5, 5.41) is 24.3. The van der Waals surface area contributed by atoms with Crippen LogP contribution in [0, 0.1) is 16.0 Å². The lowest BCUT2D eigenvalue weighted by molar-refractivity contribution is -0.384. The molecule has 0 unspecified atom stereocenters. The van der Waals surface area contributed by atoms with Gasteiger partial charge in [0.05, 0.1) is 4.92 Å². The molecule has 0 aromatic heterocycles. The van der Waals surface area contributed by atoms with E-state index >= 15 is 0 Å². The van der Waals surface area contributed by atoms with Gasteiger partial charge in [-0.2, -0.15) is 0 Å². The number of urea groups is 1. The molecule has 1 aromatic carbocycles. The number of anilines is 1. The number of nitro benzene ring substituents is 1. The fourth-order valence-corrected chi connectivity index (χ4v) is 1.68. The van der Waals surface area contributed by atoms with Crippen molar-refractivity contribution in [1.29, 1.82) is 0 Å². The predicted octanol–water partition coefficient (Wildman–Crippen LogP) is 2.22. The van der Waals surface area contributed by atoms with Gasteiger partial charge in [-0.25, -0.2) is 9.59 Å². The minimum absolute atomic E-state index is 0.0934. The molecule has 0 spiro atoms. The molecule has 1 atom stereocenters. The first kappa shape index (κ1) is 16.4. The summed E-state index contributed by atoms with van der Waals surface area (Å²) in [7, 11) is 0. The molecule has 0 aliphatic rings. The Morgan fingerprint density at radius 3 is 2.29 bits per heavy atom. The van der Waals surface area contributed by atoms with Crippen molar-refractivity contribution in [1.82, 2.24) is 5.32 Å². The molecule has 8 nitrogen and oxygen atoms in total. The molecule has 21 heavy (non-hydrogen) atoms. The van der Waals surface area contributed by atoms with E-state index in [0.29, 0.717) is 12.1 Å². The monoisotopic (exact) mass is 295 g/mol. The van der Waals surface area contributed by atoms with Crippen LogP contribution in [-0.2, 0) is 4.79 Å². The van der Waals surface area contributed by atoms with Crippen LogP contribution in [0.4, 0.5) is 16.2 Å². The zero-order valence-corrected chi connectivity index (χ0v) is 11.7. The van der Waals surface area contributed by atoms with Crippen LogP contribution in [-0.4, -0.2) is 28.1 Å². The standard InChI is InChI=1S/C13H17N3O5/c1-8(2)7-11(12(17)18)15-13(19)14-9-3-5-10(6-4-9)16(20)21/h3-6,8,11H,7H2,1-2H3,(H,17,18)(H2,14,15,19)/t11-/m0/s1. The Morgan fingerprint density at radius 1 is 1.29 bits per heavy atom. The van der Waals surface area contributed by atoms with Crippen molar-refractivity contribution in [3.8, 4) is 0 Å². The first-order valence-corrected chi connectivity index (χ1v) is 6.34. The molecule has 3 N–H and O–H groups in total. The molecule has 0 aliphatic heterocycles. The number of carbonyl (C=O) groups is 2. The van der Waals surface area contributed by atoms with E-state index in [1.54, 1.807) is 0 Å². The largest absolute Gasteiger partial charge is 0.480 e. The highest BCUT2D eigenvalue weighted by molar-refractivity contribution is 5.92. The van der Waals surface area contributed by atoms with Gasteiger partial charge in [0, 0.05) is 17.8 Å². The van der Waals surface area contributed by atoms with Crippen molar-refractivity contribution >= 4 is 23.4 Å². The maximum Gasteiger partial charge on any atom is 0.326 e. The Bertz CT molecular complexity index is 527. The van der Waals surface area contributed by atoms with E-state index in [-0.39, 0.29) is 11.6 Å². The topological polar surface area (TPSA) is 122 Å². The summed E-state index contributed by atoms with van der Waals surface area (Å²) >= 11 is 0. The van der Waals surface area contributed by atoms with E-state index in [9.17, 15) is 19.7 Å². The number of nitrogens with zero attached hydrogens (tertiary/aromatic N) is 1. The number of hydrogen-bond donors (Lipinski definition) is 3. The molecule has 0 heterocycles. The van der Waals surface area contributed by atoms with E-state index in [0.717, 1.165) is 0 Å². The summed E-state index contributed by atoms with van der Waals surface area (Å²) < 4.78 is 0. The minimum Gasteiger partial charge on any atom is -0.480 e. The molecule has 1 aromatic rings. The van der Waals surface area contributed by atoms with Gasteiger partial charge in [-0.15, -0.1) is 0 Å². The second-order valence-electron chi connectivity index (χ2n) is 4.92. The Kier molecular flexibility index (Phi) is 5.65. The molecule has 0 radical (unpaired) electrons. The van der Waals surface area contributed by atoms with Crippen molar-refractivity contribution in [2.45, 2.75) is 26.3 Å². The number of aliphatic carboxylic acids is 1. The number of rotatable bonds is 6. The Hall–Kier alpha value is -2.64. The number of carboxylic acid groups (broad SMARTS) is 1. The quantitative estimate of drug-likeness (QED) is 0.548. The van der Waals surface area contributed by atoms with E-state index in [4.69, 9.17) is 5.11 Å². The number of carbonyl (C=O) groups excluding carboxylic acids is 1. The van der Waals surface area contributed by atoms with Crippen LogP contribution < -0.4 is 10.6 Å². The third-order valence-electron chi connectivity index (χ3n) is 2.65. The van der Waals surface area contributed by atoms with Crippen LogP contribution in [0.5, 0.6) is 0 Å². The molecule has 1 rings (SSSR count). The van der Waals surface area contributed by atoms with Crippen molar-refractivity contribution in [2.75, 3.05) is 5.32 Å². The summed E-state index contributed by atoms with van der Waals surface area (Å²) in [5.74, 6) is -0.992. The molecule has 8 heteroatoms. The highest BCUT2D eigenvalue weighted by Gasteiger charge is 2.21. The summed E-state index contributed by atoms with van der Waals surface area (Å²) in [6.07, 6.45) is 0.309. The number of nitro groups is 1. The lowest BCUT2D eigenvalue weighted by Crippen LogP contribution is -2.43. The van der Waals surface area contributed by atoms with Crippen LogP contribution in [0.3, 0.4) is 0 Å². The number of hydrogen-bond acceptors (Lipinski definition) is 4. The Labute approximate surface area is 121 Å². The summed E-state index contributed by atoms with van der Waals surface area (Å²) in [5.41, 5.74) is 0.246. The lowest BCUT2D eigenvalue weighted by Gasteiger charge is -2.16. The maximum atomic E-state index is 11.7. The van der Waals surface area contributed by atoms with Crippen molar-refractivity contribution in [3.63, 3.8) is 0 Å². The maximum absolute atomic E-state index is 11.7. The number of nitrogens with one attached hydrogen (secondary N) is 2. The van der Waals surface area contributed by atoms with Gasteiger partial charge < -0.3 is 15.7 Å². The average molecular weight is 295 g/mol. The Morgan fingerprint density at radius 2 is 1.86 bits per heavy atom. The van der Waals surface area contributed by atoms with Gasteiger partial charge in [0.15, 0.2) is 0 Å². The summed E-state index contributed by atoms with van der Waals surface area (Å²) in [6, 6.07) is 3.59. The normalized spacial score (nSPS) is 11.8. The average Bonchev–Trinajstić information content (AvgIpc) is 2.37. The fraction of sp³-hybridized carbons (Fsp3) is 0.385. The van der Waals surface area contributed by atoms with Gasteiger partial charge in [-0.05, 0) is 24.5 Å². The number of amides is 2. The molecule has 0 saturated heterocycles. The SMILES string of the molecule is CC(C)C[C@H](NC(=O)Nc1ccc([N+](=O)[O-])cc1)C(=O)O. The molecule has 0 bridgehead atoms. The number of non-ortho nitro benzene ring substituents is 1. The molecule has 0 aliphatic carbocycles. The molecular weight excluding hydrogens is 278 g/mol. The smallest absolute Gasteiger partial charge is 0.326 e. The van der Waals surface area contributed by atoms with E-state index < -0.39 is 23.0 Å². The van der Waals surface area contributed by atoms with Crippen molar-refractivity contribution in [3.05, 3.63) is 34.4 Å². The van der Waals surface area contributed by atoms with Gasteiger partial charge in [0.1, 0.15) is 6.04 Å². The van der Waals surface area contributed by atoms with Crippen molar-refractivity contribution in [2.24, 2.45) is 5.92 Å². The zero-order valence-electron chi connectivity index (χ0n) is 11.7. The third-order valence-corrected chi connectivity index (χ3v) is 2.65. The van der Waals surface area contributed by atoms with Crippen LogP contribution in [0.25, 0.3) is 0 Å². The second-order valence-corrected chi connectivity index (χ2v) is 4.92. The second kappa shape index (κ2) is 7.22. The van der Waals surface area contributed by atoms with Crippen LogP contribution in [0.2, 0.25) is 0 Å². The highest BCUT2D eigenvalue weighted by atomic mass is 16.6. The number of carboxylic acids is 1. The molecular formula is C13H17N3O5. The minimum atomic E-state index is -1.11. The fourth-order valence-electron chi connectivity index (χ4n) is 1.68. The van der Waals surface area contributed by atoms with Gasteiger partial charge in [-0.1, -0.05) is 13.8 Å². The number of benzene rings is 1. The van der Waals surface area contributed by atoms with Crippen molar-refractivity contribution < 1.29 is 19.6 Å². The van der Waals surface area contributed by atoms with Crippen LogP contribution in [0.1, 0.15) is 20.3 Å². The predicted molar refractivity (Wildman–Crippen MR) is 76.1 cm³/mol. The first-order valence-electron chi connectivity index (χ1n) is 6.34. The summed E-state index contributed by atoms with van der Waals surface area (Å²) in [6.45, 7) is 3.71. The highest BCUT2D eigenvalue weighted by Crippen LogP contribution is 2.15.